The number of carbonyl (C=O) groups is 2. The minimum Gasteiger partial charge on any atom is -0.350 e. The number of amides is 2. The normalized spacial score (nSPS) is 18.4. The third-order valence-electron chi connectivity index (χ3n) is 6.92. The predicted molar refractivity (Wildman–Crippen MR) is 137 cm³/mol. The lowest BCUT2D eigenvalue weighted by Crippen LogP contribution is -2.44. The van der Waals surface area contributed by atoms with Crippen molar-refractivity contribution in [3.8, 4) is 5.69 Å². The fraction of sp³-hybridized carbons (Fsp3) is 0.276. The average molecular weight is 467 g/mol. The molecule has 6 heteroatoms. The second kappa shape index (κ2) is 9.74. The number of hydrogen-bond donors (Lipinski definition) is 2. The molecular formula is C29H30N4O2. The maximum absolute atomic E-state index is 12.9. The fourth-order valence-corrected chi connectivity index (χ4v) is 4.95. The first-order valence-electron chi connectivity index (χ1n) is 12.2. The van der Waals surface area contributed by atoms with Crippen molar-refractivity contribution in [2.75, 3.05) is 0 Å². The second-order valence-electron chi connectivity index (χ2n) is 9.53. The highest BCUT2D eigenvalue weighted by Gasteiger charge is 2.38. The Kier molecular flexibility index (Phi) is 6.36. The summed E-state index contributed by atoms with van der Waals surface area (Å²) in [6, 6.07) is 24.4. The number of nitrogens with zero attached hydrogens (tertiary/aromatic N) is 2. The van der Waals surface area contributed by atoms with E-state index >= 15 is 0 Å². The highest BCUT2D eigenvalue weighted by molar-refractivity contribution is 5.83. The lowest BCUT2D eigenvalue weighted by molar-refractivity contribution is -0.123. The van der Waals surface area contributed by atoms with Crippen LogP contribution in [0, 0.1) is 0 Å². The number of hydrogen-bond acceptors (Lipinski definition) is 3. The first-order valence-corrected chi connectivity index (χ1v) is 12.2. The third-order valence-corrected chi connectivity index (χ3v) is 6.92. The molecule has 5 rings (SSSR count). The highest BCUT2D eigenvalue weighted by atomic mass is 16.2. The van der Waals surface area contributed by atoms with Crippen LogP contribution in [-0.4, -0.2) is 27.1 Å². The van der Waals surface area contributed by atoms with E-state index in [0.29, 0.717) is 19.3 Å². The van der Waals surface area contributed by atoms with Crippen LogP contribution in [0.2, 0.25) is 0 Å². The summed E-state index contributed by atoms with van der Waals surface area (Å²) >= 11 is 0. The van der Waals surface area contributed by atoms with Gasteiger partial charge in [0.2, 0.25) is 11.8 Å². The van der Waals surface area contributed by atoms with Crippen LogP contribution < -0.4 is 10.6 Å². The summed E-state index contributed by atoms with van der Waals surface area (Å²) in [5.41, 5.74) is 2.71. The van der Waals surface area contributed by atoms with E-state index in [0.717, 1.165) is 24.1 Å². The molecule has 0 saturated carbocycles. The Balaban J connectivity index is 1.22. The van der Waals surface area contributed by atoms with Crippen LogP contribution in [0.1, 0.15) is 49.8 Å². The number of fused-ring (bicyclic) bond motifs is 1. The van der Waals surface area contributed by atoms with Crippen molar-refractivity contribution in [1.29, 1.82) is 0 Å². The monoisotopic (exact) mass is 466 g/mol. The van der Waals surface area contributed by atoms with E-state index < -0.39 is 5.54 Å². The Labute approximate surface area is 205 Å². The summed E-state index contributed by atoms with van der Waals surface area (Å²) in [5.74, 6) is 0.0388. The number of rotatable bonds is 8. The number of benzene rings is 3. The Morgan fingerprint density at radius 3 is 2.63 bits per heavy atom. The standard InChI is InChI=1S/C29H30N4O2/c1-21(25-19-30-33(20-25)26-9-3-2-4-10-26)31-27(34)13-15-29(16-14-28(35)32-29)18-22-11-12-23-7-5-6-8-24(23)17-22/h2-12,17,19-21H,13-16,18H2,1H3,(H,31,34)(H,32,35)/t21-,29+/m0/s1. The van der Waals surface area contributed by atoms with Crippen molar-refractivity contribution in [1.82, 2.24) is 20.4 Å². The lowest BCUT2D eigenvalue weighted by Gasteiger charge is -2.29. The van der Waals surface area contributed by atoms with Gasteiger partial charge in [0.25, 0.3) is 0 Å². The van der Waals surface area contributed by atoms with Crippen molar-refractivity contribution >= 4 is 22.6 Å². The first kappa shape index (κ1) is 22.8. The molecule has 1 saturated heterocycles. The Morgan fingerprint density at radius 1 is 1.09 bits per heavy atom. The Hall–Kier alpha value is -3.93. The Morgan fingerprint density at radius 2 is 1.86 bits per heavy atom. The van der Waals surface area contributed by atoms with Crippen molar-refractivity contribution in [2.24, 2.45) is 0 Å². The molecule has 0 spiro atoms. The van der Waals surface area contributed by atoms with Gasteiger partial charge in [0.1, 0.15) is 0 Å². The topological polar surface area (TPSA) is 76.0 Å². The molecule has 1 fully saturated rings. The number of carbonyl (C=O) groups excluding carboxylic acids is 2. The van der Waals surface area contributed by atoms with Gasteiger partial charge in [-0.05, 0) is 54.7 Å². The van der Waals surface area contributed by atoms with Gasteiger partial charge in [-0.1, -0.05) is 60.7 Å². The predicted octanol–water partition coefficient (Wildman–Crippen LogP) is 4.87. The van der Waals surface area contributed by atoms with Crippen LogP contribution in [0.4, 0.5) is 0 Å². The summed E-state index contributed by atoms with van der Waals surface area (Å²) in [5, 5.41) is 13.1. The zero-order chi connectivity index (χ0) is 24.3. The van der Waals surface area contributed by atoms with E-state index in [4.69, 9.17) is 0 Å². The van der Waals surface area contributed by atoms with Crippen molar-refractivity contribution in [3.63, 3.8) is 0 Å². The molecule has 2 N–H and O–H groups in total. The summed E-state index contributed by atoms with van der Waals surface area (Å²) in [6.45, 7) is 1.96. The molecule has 2 atom stereocenters. The molecule has 0 radical (unpaired) electrons. The lowest BCUT2D eigenvalue weighted by atomic mass is 9.84. The van der Waals surface area contributed by atoms with Gasteiger partial charge in [-0.2, -0.15) is 5.10 Å². The number of para-hydroxylation sites is 1. The molecule has 3 aromatic carbocycles. The minimum absolute atomic E-state index is 0.0241. The van der Waals surface area contributed by atoms with E-state index in [-0.39, 0.29) is 17.9 Å². The molecule has 1 aliphatic heterocycles. The highest BCUT2D eigenvalue weighted by Crippen LogP contribution is 2.31. The zero-order valence-electron chi connectivity index (χ0n) is 19.9. The molecule has 4 aromatic rings. The second-order valence-corrected chi connectivity index (χ2v) is 9.53. The van der Waals surface area contributed by atoms with Crippen molar-refractivity contribution < 1.29 is 9.59 Å². The van der Waals surface area contributed by atoms with Gasteiger partial charge in [0.05, 0.1) is 17.9 Å². The van der Waals surface area contributed by atoms with Crippen molar-refractivity contribution in [2.45, 2.75) is 50.6 Å². The van der Waals surface area contributed by atoms with Crippen LogP contribution in [0.5, 0.6) is 0 Å². The van der Waals surface area contributed by atoms with E-state index in [2.05, 4.69) is 46.1 Å². The van der Waals surface area contributed by atoms with Gasteiger partial charge in [-0.25, -0.2) is 4.68 Å². The van der Waals surface area contributed by atoms with Gasteiger partial charge in [-0.3, -0.25) is 9.59 Å². The summed E-state index contributed by atoms with van der Waals surface area (Å²) in [7, 11) is 0. The molecule has 2 heterocycles. The van der Waals surface area contributed by atoms with E-state index in [1.54, 1.807) is 6.20 Å². The molecule has 2 amide bonds. The molecule has 0 aliphatic carbocycles. The van der Waals surface area contributed by atoms with Crippen LogP contribution >= 0.6 is 0 Å². The molecular weight excluding hydrogens is 436 g/mol. The smallest absolute Gasteiger partial charge is 0.220 e. The summed E-state index contributed by atoms with van der Waals surface area (Å²) in [6.07, 6.45) is 6.65. The SMILES string of the molecule is C[C@H](NC(=O)CC[C@]1(Cc2ccc3ccccc3c2)CCC(=O)N1)c1cnn(-c2ccccc2)c1. The first-order chi connectivity index (χ1) is 17.0. The third kappa shape index (κ3) is 5.27. The number of nitrogens with one attached hydrogen (secondary N) is 2. The van der Waals surface area contributed by atoms with Crippen LogP contribution in [0.15, 0.2) is 85.2 Å². The molecule has 6 nitrogen and oxygen atoms in total. The molecule has 1 aromatic heterocycles. The largest absolute Gasteiger partial charge is 0.350 e. The molecule has 35 heavy (non-hydrogen) atoms. The summed E-state index contributed by atoms with van der Waals surface area (Å²) < 4.78 is 1.81. The maximum atomic E-state index is 12.9. The molecule has 178 valence electrons. The van der Waals surface area contributed by atoms with E-state index in [1.807, 2.05) is 60.3 Å². The quantitative estimate of drug-likeness (QED) is 0.389. The summed E-state index contributed by atoms with van der Waals surface area (Å²) in [4.78, 5) is 25.0. The fourth-order valence-electron chi connectivity index (χ4n) is 4.95. The van der Waals surface area contributed by atoms with Gasteiger partial charge >= 0.3 is 0 Å². The number of aromatic nitrogens is 2. The van der Waals surface area contributed by atoms with Crippen LogP contribution in [0.3, 0.4) is 0 Å². The van der Waals surface area contributed by atoms with Gasteiger partial charge in [0.15, 0.2) is 0 Å². The van der Waals surface area contributed by atoms with Gasteiger partial charge in [-0.15, -0.1) is 0 Å². The average Bonchev–Trinajstić information content (AvgIpc) is 3.51. The van der Waals surface area contributed by atoms with Crippen LogP contribution in [0.25, 0.3) is 16.5 Å². The Bertz CT molecular complexity index is 1350. The van der Waals surface area contributed by atoms with Gasteiger partial charge in [0, 0.05) is 30.1 Å². The van der Waals surface area contributed by atoms with Gasteiger partial charge < -0.3 is 10.6 Å². The minimum atomic E-state index is -0.391. The van der Waals surface area contributed by atoms with E-state index in [1.165, 1.54) is 16.3 Å². The van der Waals surface area contributed by atoms with E-state index in [9.17, 15) is 9.59 Å². The molecule has 1 aliphatic rings. The maximum Gasteiger partial charge on any atom is 0.220 e. The van der Waals surface area contributed by atoms with Crippen LogP contribution in [-0.2, 0) is 16.0 Å². The van der Waals surface area contributed by atoms with Crippen molar-refractivity contribution in [3.05, 3.63) is 96.3 Å². The molecule has 0 unspecified atom stereocenters. The molecule has 0 bridgehead atoms. The zero-order valence-corrected chi connectivity index (χ0v) is 19.9.